The van der Waals surface area contributed by atoms with E-state index in [1.165, 1.54) is 49.2 Å². The molecule has 0 saturated heterocycles. The van der Waals surface area contributed by atoms with Gasteiger partial charge in [-0.25, -0.2) is 0 Å². The lowest BCUT2D eigenvalue weighted by Crippen LogP contribution is -2.33. The van der Waals surface area contributed by atoms with Crippen molar-refractivity contribution >= 4 is 5.69 Å². The SMILES string of the molecule is CCC(C)CN1CCCc2cc(C(C)NC)ccc21. The van der Waals surface area contributed by atoms with E-state index in [1.54, 1.807) is 0 Å². The third kappa shape index (κ3) is 3.30. The number of rotatable bonds is 5. The van der Waals surface area contributed by atoms with Gasteiger partial charge in [-0.3, -0.25) is 0 Å². The zero-order valence-corrected chi connectivity index (χ0v) is 12.9. The molecule has 2 nitrogen and oxygen atoms in total. The van der Waals surface area contributed by atoms with Crippen LogP contribution in [-0.2, 0) is 6.42 Å². The smallest absolute Gasteiger partial charge is 0.0399 e. The number of fused-ring (bicyclic) bond motifs is 1. The molecule has 0 fully saturated rings. The maximum absolute atomic E-state index is 3.33. The van der Waals surface area contributed by atoms with Crippen LogP contribution in [0.25, 0.3) is 0 Å². The van der Waals surface area contributed by atoms with Crippen molar-refractivity contribution in [3.63, 3.8) is 0 Å². The van der Waals surface area contributed by atoms with Crippen molar-refractivity contribution < 1.29 is 0 Å². The molecule has 0 saturated carbocycles. The highest BCUT2D eigenvalue weighted by Gasteiger charge is 2.19. The van der Waals surface area contributed by atoms with Crippen LogP contribution in [0.4, 0.5) is 5.69 Å². The molecule has 2 rings (SSSR count). The van der Waals surface area contributed by atoms with E-state index >= 15 is 0 Å². The monoisotopic (exact) mass is 260 g/mol. The predicted molar refractivity (Wildman–Crippen MR) is 83.9 cm³/mol. The number of hydrogen-bond donors (Lipinski definition) is 1. The zero-order chi connectivity index (χ0) is 13.8. The zero-order valence-electron chi connectivity index (χ0n) is 12.9. The summed E-state index contributed by atoms with van der Waals surface area (Å²) in [4.78, 5) is 2.58. The molecular weight excluding hydrogens is 232 g/mol. The summed E-state index contributed by atoms with van der Waals surface area (Å²) in [6, 6.07) is 7.46. The molecule has 2 atom stereocenters. The minimum Gasteiger partial charge on any atom is -0.371 e. The number of aryl methyl sites for hydroxylation is 1. The Hall–Kier alpha value is -1.02. The Bertz CT molecular complexity index is 414. The molecule has 1 aliphatic heterocycles. The van der Waals surface area contributed by atoms with Crippen molar-refractivity contribution in [2.24, 2.45) is 5.92 Å². The van der Waals surface area contributed by atoms with Crippen LogP contribution in [0.15, 0.2) is 18.2 Å². The Kier molecular flexibility index (Phi) is 4.87. The summed E-state index contributed by atoms with van der Waals surface area (Å²) < 4.78 is 0. The van der Waals surface area contributed by atoms with Crippen LogP contribution < -0.4 is 10.2 Å². The van der Waals surface area contributed by atoms with Crippen LogP contribution in [0, 0.1) is 5.92 Å². The van der Waals surface area contributed by atoms with E-state index in [2.05, 4.69) is 49.2 Å². The van der Waals surface area contributed by atoms with E-state index in [-0.39, 0.29) is 0 Å². The van der Waals surface area contributed by atoms with Gasteiger partial charge in [0.2, 0.25) is 0 Å². The average Bonchev–Trinajstić information content (AvgIpc) is 2.46. The first kappa shape index (κ1) is 14.4. The highest BCUT2D eigenvalue weighted by molar-refractivity contribution is 5.57. The van der Waals surface area contributed by atoms with Crippen LogP contribution in [-0.4, -0.2) is 20.1 Å². The van der Waals surface area contributed by atoms with Gasteiger partial charge in [0.1, 0.15) is 0 Å². The second kappa shape index (κ2) is 6.42. The highest BCUT2D eigenvalue weighted by atomic mass is 15.1. The van der Waals surface area contributed by atoms with Gasteiger partial charge < -0.3 is 10.2 Å². The molecule has 1 aromatic rings. The first-order chi connectivity index (χ1) is 9.15. The molecule has 0 spiro atoms. The summed E-state index contributed by atoms with van der Waals surface area (Å²) in [6.45, 7) is 9.28. The van der Waals surface area contributed by atoms with Gasteiger partial charge >= 0.3 is 0 Å². The number of nitrogens with one attached hydrogen (secondary N) is 1. The maximum Gasteiger partial charge on any atom is 0.0399 e. The minimum absolute atomic E-state index is 0.440. The molecule has 0 aromatic heterocycles. The summed E-state index contributed by atoms with van der Waals surface area (Å²) in [7, 11) is 2.03. The topological polar surface area (TPSA) is 15.3 Å². The maximum atomic E-state index is 3.33. The number of nitrogens with zero attached hydrogens (tertiary/aromatic N) is 1. The average molecular weight is 260 g/mol. The second-order valence-electron chi connectivity index (χ2n) is 5.96. The van der Waals surface area contributed by atoms with Gasteiger partial charge in [0.05, 0.1) is 0 Å². The normalized spacial score (nSPS) is 18.0. The predicted octanol–water partition coefficient (Wildman–Crippen LogP) is 3.77. The van der Waals surface area contributed by atoms with Crippen molar-refractivity contribution in [1.29, 1.82) is 0 Å². The van der Waals surface area contributed by atoms with Gasteiger partial charge in [-0.2, -0.15) is 0 Å². The molecule has 2 unspecified atom stereocenters. The van der Waals surface area contributed by atoms with Crippen molar-refractivity contribution in [3.8, 4) is 0 Å². The lowest BCUT2D eigenvalue weighted by Gasteiger charge is -2.33. The lowest BCUT2D eigenvalue weighted by molar-refractivity contribution is 0.529. The van der Waals surface area contributed by atoms with Gasteiger partial charge in [-0.05, 0) is 49.9 Å². The third-order valence-corrected chi connectivity index (χ3v) is 4.48. The van der Waals surface area contributed by atoms with E-state index < -0.39 is 0 Å². The molecule has 19 heavy (non-hydrogen) atoms. The summed E-state index contributed by atoms with van der Waals surface area (Å²) in [5.74, 6) is 0.779. The number of anilines is 1. The first-order valence-corrected chi connectivity index (χ1v) is 7.70. The molecular formula is C17H28N2. The van der Waals surface area contributed by atoms with Crippen LogP contribution in [0.5, 0.6) is 0 Å². The molecule has 0 aliphatic carbocycles. The van der Waals surface area contributed by atoms with Crippen molar-refractivity contribution in [2.75, 3.05) is 25.0 Å². The van der Waals surface area contributed by atoms with E-state index in [0.717, 1.165) is 5.92 Å². The first-order valence-electron chi connectivity index (χ1n) is 7.70. The summed E-state index contributed by atoms with van der Waals surface area (Å²) in [5.41, 5.74) is 4.42. The molecule has 1 aliphatic rings. The Balaban J connectivity index is 2.20. The van der Waals surface area contributed by atoms with Crippen molar-refractivity contribution in [1.82, 2.24) is 5.32 Å². The van der Waals surface area contributed by atoms with Gasteiger partial charge in [0, 0.05) is 24.8 Å². The Labute approximate surface area is 118 Å². The Morgan fingerprint density at radius 2 is 2.11 bits per heavy atom. The lowest BCUT2D eigenvalue weighted by atomic mass is 9.96. The highest BCUT2D eigenvalue weighted by Crippen LogP contribution is 2.30. The molecule has 0 radical (unpaired) electrons. The van der Waals surface area contributed by atoms with Crippen LogP contribution in [0.3, 0.4) is 0 Å². The van der Waals surface area contributed by atoms with Gasteiger partial charge in [-0.15, -0.1) is 0 Å². The van der Waals surface area contributed by atoms with Crippen molar-refractivity contribution in [3.05, 3.63) is 29.3 Å². The van der Waals surface area contributed by atoms with E-state index in [9.17, 15) is 0 Å². The minimum atomic E-state index is 0.440. The van der Waals surface area contributed by atoms with Crippen LogP contribution in [0.1, 0.15) is 50.8 Å². The molecule has 2 heteroatoms. The molecule has 0 amide bonds. The summed E-state index contributed by atoms with van der Waals surface area (Å²) >= 11 is 0. The van der Waals surface area contributed by atoms with E-state index in [0.29, 0.717) is 6.04 Å². The standard InChI is InChI=1S/C17H28N2/c1-5-13(2)12-19-10-6-7-16-11-15(14(3)18-4)8-9-17(16)19/h8-9,11,13-14,18H,5-7,10,12H2,1-4H3. The fourth-order valence-corrected chi connectivity index (χ4v) is 2.83. The van der Waals surface area contributed by atoms with Crippen LogP contribution in [0.2, 0.25) is 0 Å². The summed E-state index contributed by atoms with van der Waals surface area (Å²) in [6.07, 6.45) is 3.79. The van der Waals surface area contributed by atoms with Gasteiger partial charge in [0.15, 0.2) is 0 Å². The Morgan fingerprint density at radius 1 is 1.32 bits per heavy atom. The fraction of sp³-hybridized carbons (Fsp3) is 0.647. The number of benzene rings is 1. The Morgan fingerprint density at radius 3 is 2.79 bits per heavy atom. The molecule has 1 N–H and O–H groups in total. The third-order valence-electron chi connectivity index (χ3n) is 4.48. The van der Waals surface area contributed by atoms with Gasteiger partial charge in [-0.1, -0.05) is 32.4 Å². The molecule has 106 valence electrons. The largest absolute Gasteiger partial charge is 0.371 e. The van der Waals surface area contributed by atoms with Crippen LogP contribution >= 0.6 is 0 Å². The van der Waals surface area contributed by atoms with Crippen molar-refractivity contribution in [2.45, 2.75) is 46.1 Å². The molecule has 1 heterocycles. The quantitative estimate of drug-likeness (QED) is 0.867. The van der Waals surface area contributed by atoms with E-state index in [4.69, 9.17) is 0 Å². The summed E-state index contributed by atoms with van der Waals surface area (Å²) in [5, 5.41) is 3.33. The fourth-order valence-electron chi connectivity index (χ4n) is 2.83. The molecule has 1 aromatic carbocycles. The second-order valence-corrected chi connectivity index (χ2v) is 5.96. The van der Waals surface area contributed by atoms with Gasteiger partial charge in [0.25, 0.3) is 0 Å². The van der Waals surface area contributed by atoms with E-state index in [1.807, 2.05) is 7.05 Å². The molecule has 0 bridgehead atoms. The number of hydrogen-bond acceptors (Lipinski definition) is 2.